The number of rotatable bonds is 9. The number of benzene rings is 2. The van der Waals surface area contributed by atoms with Crippen molar-refractivity contribution in [3.05, 3.63) is 74.6 Å². The Morgan fingerprint density at radius 1 is 1.06 bits per heavy atom. The fraction of sp³-hybridized carbons (Fsp3) is 0.407. The van der Waals surface area contributed by atoms with Crippen LogP contribution in [0, 0.1) is 13.8 Å². The third-order valence-corrected chi connectivity index (χ3v) is 6.18. The molecule has 33 heavy (non-hydrogen) atoms. The van der Waals surface area contributed by atoms with Crippen molar-refractivity contribution in [3.63, 3.8) is 0 Å². The van der Waals surface area contributed by atoms with Gasteiger partial charge in [-0.05, 0) is 61.6 Å². The molecule has 3 aromatic rings. The van der Waals surface area contributed by atoms with Gasteiger partial charge in [0.15, 0.2) is 5.43 Å². The predicted octanol–water partition coefficient (Wildman–Crippen LogP) is 4.91. The molecule has 1 aromatic heterocycles. The highest BCUT2D eigenvalue weighted by Gasteiger charge is 2.42. The zero-order chi connectivity index (χ0) is 23.5. The lowest BCUT2D eigenvalue weighted by Crippen LogP contribution is -2.31. The normalized spacial score (nSPS) is 15.3. The first-order valence-electron chi connectivity index (χ1n) is 11.7. The lowest BCUT2D eigenvalue weighted by atomic mass is 9.97. The van der Waals surface area contributed by atoms with Crippen LogP contribution < -0.4 is 10.2 Å². The number of ether oxygens (including phenoxy) is 1. The molecule has 2 heterocycles. The topological polar surface area (TPSA) is 80.0 Å². The average molecular weight is 450 g/mol. The van der Waals surface area contributed by atoms with Gasteiger partial charge >= 0.3 is 0 Å². The molecule has 4 rings (SSSR count). The molecule has 1 unspecified atom stereocenters. The van der Waals surface area contributed by atoms with Crippen LogP contribution in [0.4, 0.5) is 0 Å². The standard InChI is InChI=1S/C27H31NO5/c1-4-5-6-14-32-20-10-8-19(9-11-20)24-23-25(30)22-18(3)15-17(2)16-21(22)33-26(23)27(31)28(24)12-7-13-29/h8-11,15-16,24,29H,4-7,12-14H2,1-3H3. The summed E-state index contributed by atoms with van der Waals surface area (Å²) in [5, 5.41) is 9.89. The maximum absolute atomic E-state index is 13.7. The quantitative estimate of drug-likeness (QED) is 0.470. The molecule has 2 aromatic carbocycles. The van der Waals surface area contributed by atoms with Crippen LogP contribution in [-0.4, -0.2) is 35.7 Å². The van der Waals surface area contributed by atoms with E-state index in [-0.39, 0.29) is 23.7 Å². The molecule has 6 heteroatoms. The Morgan fingerprint density at radius 3 is 2.52 bits per heavy atom. The van der Waals surface area contributed by atoms with Crippen LogP contribution in [0.25, 0.3) is 11.0 Å². The Labute approximate surface area is 193 Å². The first kappa shape index (κ1) is 23.1. The summed E-state index contributed by atoms with van der Waals surface area (Å²) in [5.74, 6) is 0.542. The van der Waals surface area contributed by atoms with Gasteiger partial charge in [-0.15, -0.1) is 0 Å². The van der Waals surface area contributed by atoms with E-state index in [9.17, 15) is 14.7 Å². The molecule has 1 aliphatic heterocycles. The zero-order valence-corrected chi connectivity index (χ0v) is 19.5. The number of carbonyl (C=O) groups excluding carboxylic acids is 1. The van der Waals surface area contributed by atoms with Gasteiger partial charge in [-0.3, -0.25) is 9.59 Å². The molecule has 0 fully saturated rings. The van der Waals surface area contributed by atoms with Gasteiger partial charge in [0.2, 0.25) is 5.76 Å². The molecule has 0 aliphatic carbocycles. The number of aliphatic hydroxyl groups excluding tert-OH is 1. The predicted molar refractivity (Wildman–Crippen MR) is 128 cm³/mol. The molecule has 6 nitrogen and oxygen atoms in total. The third-order valence-electron chi connectivity index (χ3n) is 6.18. The number of aryl methyl sites for hydroxylation is 2. The number of aliphatic hydroxyl groups is 1. The van der Waals surface area contributed by atoms with Gasteiger partial charge < -0.3 is 19.2 Å². The maximum Gasteiger partial charge on any atom is 0.290 e. The first-order valence-corrected chi connectivity index (χ1v) is 11.7. The van der Waals surface area contributed by atoms with Gasteiger partial charge in [0.1, 0.15) is 11.3 Å². The molecule has 1 atom stereocenters. The van der Waals surface area contributed by atoms with E-state index in [1.807, 2.05) is 44.2 Å². The van der Waals surface area contributed by atoms with Gasteiger partial charge in [-0.1, -0.05) is 38.0 Å². The number of hydrogen-bond acceptors (Lipinski definition) is 5. The average Bonchev–Trinajstić information content (AvgIpc) is 3.07. The van der Waals surface area contributed by atoms with E-state index in [4.69, 9.17) is 9.15 Å². The summed E-state index contributed by atoms with van der Waals surface area (Å²) < 4.78 is 11.9. The van der Waals surface area contributed by atoms with Crippen molar-refractivity contribution in [3.8, 4) is 5.75 Å². The van der Waals surface area contributed by atoms with E-state index >= 15 is 0 Å². The number of fused-ring (bicyclic) bond motifs is 2. The van der Waals surface area contributed by atoms with Gasteiger partial charge in [0, 0.05) is 13.2 Å². The Bertz CT molecular complexity index is 1210. The lowest BCUT2D eigenvalue weighted by Gasteiger charge is -2.25. The first-order chi connectivity index (χ1) is 16.0. The van der Waals surface area contributed by atoms with Crippen LogP contribution >= 0.6 is 0 Å². The second-order valence-electron chi connectivity index (χ2n) is 8.73. The van der Waals surface area contributed by atoms with E-state index in [1.54, 1.807) is 11.0 Å². The summed E-state index contributed by atoms with van der Waals surface area (Å²) in [6, 6.07) is 10.8. The van der Waals surface area contributed by atoms with Crippen LogP contribution in [0.5, 0.6) is 5.75 Å². The minimum absolute atomic E-state index is 0.0426. The van der Waals surface area contributed by atoms with E-state index in [2.05, 4.69) is 6.92 Å². The highest BCUT2D eigenvalue weighted by atomic mass is 16.5. The summed E-state index contributed by atoms with van der Waals surface area (Å²) in [4.78, 5) is 28.6. The molecule has 0 saturated heterocycles. The molecule has 0 radical (unpaired) electrons. The Kier molecular flexibility index (Phi) is 6.84. The van der Waals surface area contributed by atoms with Crippen LogP contribution in [0.2, 0.25) is 0 Å². The molecule has 0 bridgehead atoms. The third kappa shape index (κ3) is 4.40. The van der Waals surface area contributed by atoms with Crippen molar-refractivity contribution >= 4 is 16.9 Å². The monoisotopic (exact) mass is 449 g/mol. The zero-order valence-electron chi connectivity index (χ0n) is 19.5. The van der Waals surface area contributed by atoms with Crippen molar-refractivity contribution in [2.24, 2.45) is 0 Å². The fourth-order valence-corrected chi connectivity index (χ4v) is 4.62. The minimum Gasteiger partial charge on any atom is -0.494 e. The summed E-state index contributed by atoms with van der Waals surface area (Å²) in [7, 11) is 0. The van der Waals surface area contributed by atoms with Crippen molar-refractivity contribution < 1.29 is 19.1 Å². The number of unbranched alkanes of at least 4 members (excludes halogenated alkanes) is 2. The Morgan fingerprint density at radius 2 is 1.82 bits per heavy atom. The number of carbonyl (C=O) groups is 1. The van der Waals surface area contributed by atoms with E-state index in [0.717, 1.165) is 41.7 Å². The highest BCUT2D eigenvalue weighted by Crippen LogP contribution is 2.39. The van der Waals surface area contributed by atoms with Crippen LogP contribution in [0.3, 0.4) is 0 Å². The second-order valence-corrected chi connectivity index (χ2v) is 8.73. The molecule has 174 valence electrons. The molecule has 0 saturated carbocycles. The van der Waals surface area contributed by atoms with E-state index < -0.39 is 6.04 Å². The fourth-order valence-electron chi connectivity index (χ4n) is 4.62. The van der Waals surface area contributed by atoms with Crippen molar-refractivity contribution in [2.75, 3.05) is 19.8 Å². The van der Waals surface area contributed by atoms with Gasteiger partial charge in [0.05, 0.1) is 23.6 Å². The molecule has 1 amide bonds. The lowest BCUT2D eigenvalue weighted by molar-refractivity contribution is 0.0716. The van der Waals surface area contributed by atoms with Gasteiger partial charge in [-0.2, -0.15) is 0 Å². The summed E-state index contributed by atoms with van der Waals surface area (Å²) in [6.07, 6.45) is 3.68. The van der Waals surface area contributed by atoms with Crippen molar-refractivity contribution in [1.82, 2.24) is 4.90 Å². The van der Waals surface area contributed by atoms with Crippen LogP contribution in [0.1, 0.15) is 71.5 Å². The van der Waals surface area contributed by atoms with Gasteiger partial charge in [-0.25, -0.2) is 0 Å². The summed E-state index contributed by atoms with van der Waals surface area (Å²) >= 11 is 0. The molecular weight excluding hydrogens is 418 g/mol. The largest absolute Gasteiger partial charge is 0.494 e. The summed E-state index contributed by atoms with van der Waals surface area (Å²) in [6.45, 7) is 6.92. The highest BCUT2D eigenvalue weighted by molar-refractivity contribution is 5.99. The molecule has 0 spiro atoms. The van der Waals surface area contributed by atoms with E-state index in [0.29, 0.717) is 36.1 Å². The maximum atomic E-state index is 13.7. The smallest absolute Gasteiger partial charge is 0.290 e. The number of nitrogens with zero attached hydrogens (tertiary/aromatic N) is 1. The Hall–Kier alpha value is -3.12. The van der Waals surface area contributed by atoms with Crippen LogP contribution in [-0.2, 0) is 0 Å². The SMILES string of the molecule is CCCCCOc1ccc(C2c3c(oc4cc(C)cc(C)c4c3=O)C(=O)N2CCCO)cc1. The van der Waals surface area contributed by atoms with Crippen molar-refractivity contribution in [1.29, 1.82) is 0 Å². The van der Waals surface area contributed by atoms with Crippen molar-refractivity contribution in [2.45, 2.75) is 52.5 Å². The van der Waals surface area contributed by atoms with Gasteiger partial charge in [0.25, 0.3) is 5.91 Å². The molecule has 1 N–H and O–H groups in total. The minimum atomic E-state index is -0.561. The van der Waals surface area contributed by atoms with E-state index in [1.165, 1.54) is 0 Å². The van der Waals surface area contributed by atoms with Crippen LogP contribution in [0.15, 0.2) is 45.6 Å². The number of amides is 1. The molecule has 1 aliphatic rings. The Balaban J connectivity index is 1.77. The molecular formula is C27H31NO5. The summed E-state index contributed by atoms with van der Waals surface area (Å²) in [5.41, 5.74) is 3.25. The number of hydrogen-bond donors (Lipinski definition) is 1. The second kappa shape index (κ2) is 9.79.